The van der Waals surface area contributed by atoms with Gasteiger partial charge in [-0.1, -0.05) is 27.2 Å². The molecule has 4 heteroatoms. The Morgan fingerprint density at radius 2 is 1.84 bits per heavy atom. The maximum atomic E-state index is 4.56. The van der Waals surface area contributed by atoms with E-state index >= 15 is 0 Å². The van der Waals surface area contributed by atoms with Crippen molar-refractivity contribution in [2.24, 2.45) is 5.41 Å². The van der Waals surface area contributed by atoms with E-state index in [2.05, 4.69) is 41.4 Å². The van der Waals surface area contributed by atoms with Crippen molar-refractivity contribution in [3.63, 3.8) is 0 Å². The van der Waals surface area contributed by atoms with Gasteiger partial charge in [-0.2, -0.15) is 0 Å². The standard InChI is InChI=1S/C15H26N4/c1-4-9-16-13-10-14(19-12(5-2)18-13)17-11-15(3)7-6-8-15/h10H,4-9,11H2,1-3H3,(H2,16,17,18,19). The quantitative estimate of drug-likeness (QED) is 0.790. The first-order valence-electron chi connectivity index (χ1n) is 7.51. The minimum Gasteiger partial charge on any atom is -0.370 e. The van der Waals surface area contributed by atoms with Gasteiger partial charge in [0, 0.05) is 25.6 Å². The largest absolute Gasteiger partial charge is 0.370 e. The highest BCUT2D eigenvalue weighted by Crippen LogP contribution is 2.40. The van der Waals surface area contributed by atoms with Gasteiger partial charge >= 0.3 is 0 Å². The zero-order valence-electron chi connectivity index (χ0n) is 12.4. The molecule has 2 rings (SSSR count). The zero-order valence-corrected chi connectivity index (χ0v) is 12.4. The molecule has 0 spiro atoms. The Morgan fingerprint density at radius 3 is 2.37 bits per heavy atom. The topological polar surface area (TPSA) is 49.8 Å². The van der Waals surface area contributed by atoms with Crippen LogP contribution in [0.5, 0.6) is 0 Å². The molecule has 0 atom stereocenters. The summed E-state index contributed by atoms with van der Waals surface area (Å²) in [4.78, 5) is 9.06. The van der Waals surface area contributed by atoms with Gasteiger partial charge in [0.15, 0.2) is 0 Å². The minimum atomic E-state index is 0.467. The number of aryl methyl sites for hydroxylation is 1. The van der Waals surface area contributed by atoms with Crippen LogP contribution in [0, 0.1) is 5.41 Å². The van der Waals surface area contributed by atoms with Gasteiger partial charge in [0.2, 0.25) is 0 Å². The predicted octanol–water partition coefficient (Wildman–Crippen LogP) is 3.46. The molecule has 0 unspecified atom stereocenters. The van der Waals surface area contributed by atoms with Crippen molar-refractivity contribution in [3.8, 4) is 0 Å². The number of anilines is 2. The second kappa shape index (κ2) is 6.22. The highest BCUT2D eigenvalue weighted by Gasteiger charge is 2.31. The fourth-order valence-corrected chi connectivity index (χ4v) is 2.35. The van der Waals surface area contributed by atoms with Crippen LogP contribution in [0.3, 0.4) is 0 Å². The van der Waals surface area contributed by atoms with Crippen molar-refractivity contribution in [1.82, 2.24) is 9.97 Å². The van der Waals surface area contributed by atoms with Crippen LogP contribution in [0.2, 0.25) is 0 Å². The normalized spacial score (nSPS) is 16.8. The van der Waals surface area contributed by atoms with Gasteiger partial charge in [0.05, 0.1) is 0 Å². The molecule has 1 fully saturated rings. The first-order chi connectivity index (χ1) is 9.15. The summed E-state index contributed by atoms with van der Waals surface area (Å²) in [5, 5.41) is 6.83. The minimum absolute atomic E-state index is 0.467. The van der Waals surface area contributed by atoms with Gasteiger partial charge in [-0.15, -0.1) is 0 Å². The van der Waals surface area contributed by atoms with E-state index in [0.29, 0.717) is 5.41 Å². The molecule has 19 heavy (non-hydrogen) atoms. The molecule has 0 aromatic carbocycles. The Kier molecular flexibility index (Phi) is 4.61. The van der Waals surface area contributed by atoms with Crippen molar-refractivity contribution in [2.45, 2.75) is 52.9 Å². The molecule has 0 radical (unpaired) electrons. The first kappa shape index (κ1) is 14.1. The summed E-state index contributed by atoms with van der Waals surface area (Å²) in [5.41, 5.74) is 0.467. The molecule has 4 nitrogen and oxygen atoms in total. The fourth-order valence-electron chi connectivity index (χ4n) is 2.35. The van der Waals surface area contributed by atoms with E-state index in [-0.39, 0.29) is 0 Å². The monoisotopic (exact) mass is 262 g/mol. The van der Waals surface area contributed by atoms with Crippen molar-refractivity contribution >= 4 is 11.6 Å². The summed E-state index contributed by atoms with van der Waals surface area (Å²) in [5.74, 6) is 2.80. The lowest BCUT2D eigenvalue weighted by atomic mass is 9.70. The Labute approximate surface area is 116 Å². The highest BCUT2D eigenvalue weighted by atomic mass is 15.1. The molecule has 1 saturated carbocycles. The maximum Gasteiger partial charge on any atom is 0.132 e. The summed E-state index contributed by atoms with van der Waals surface area (Å²) in [6.07, 6.45) is 5.99. The van der Waals surface area contributed by atoms with E-state index < -0.39 is 0 Å². The van der Waals surface area contributed by atoms with Crippen molar-refractivity contribution in [3.05, 3.63) is 11.9 Å². The van der Waals surface area contributed by atoms with Crippen molar-refractivity contribution < 1.29 is 0 Å². The van der Waals surface area contributed by atoms with Gasteiger partial charge in [0.25, 0.3) is 0 Å². The Morgan fingerprint density at radius 1 is 1.16 bits per heavy atom. The molecular formula is C15H26N4. The number of aromatic nitrogens is 2. The lowest BCUT2D eigenvalue weighted by molar-refractivity contribution is 0.180. The van der Waals surface area contributed by atoms with Gasteiger partial charge in [0.1, 0.15) is 17.5 Å². The first-order valence-corrected chi connectivity index (χ1v) is 7.51. The van der Waals surface area contributed by atoms with Crippen LogP contribution in [-0.4, -0.2) is 23.1 Å². The van der Waals surface area contributed by atoms with E-state index in [1.54, 1.807) is 0 Å². The molecule has 0 saturated heterocycles. The maximum absolute atomic E-state index is 4.56. The average Bonchev–Trinajstić information content (AvgIpc) is 2.40. The zero-order chi connectivity index (χ0) is 13.7. The van der Waals surface area contributed by atoms with Crippen molar-refractivity contribution in [1.29, 1.82) is 0 Å². The SMILES string of the molecule is CCCNc1cc(NCC2(C)CCC2)nc(CC)n1. The molecule has 0 amide bonds. The number of hydrogen-bond acceptors (Lipinski definition) is 4. The Balaban J connectivity index is 2.01. The second-order valence-electron chi connectivity index (χ2n) is 5.85. The van der Waals surface area contributed by atoms with Crippen LogP contribution in [0.25, 0.3) is 0 Å². The van der Waals surface area contributed by atoms with E-state index in [4.69, 9.17) is 0 Å². The number of nitrogens with one attached hydrogen (secondary N) is 2. The summed E-state index contributed by atoms with van der Waals surface area (Å²) in [6.45, 7) is 8.57. The van der Waals surface area contributed by atoms with Crippen molar-refractivity contribution in [2.75, 3.05) is 23.7 Å². The number of nitrogens with zero attached hydrogens (tertiary/aromatic N) is 2. The van der Waals surface area contributed by atoms with Crippen LogP contribution in [0.15, 0.2) is 6.07 Å². The Bertz CT molecular complexity index is 413. The molecule has 1 aromatic rings. The molecule has 2 N–H and O–H groups in total. The lowest BCUT2D eigenvalue weighted by Gasteiger charge is -2.38. The fraction of sp³-hybridized carbons (Fsp3) is 0.733. The molecule has 1 aliphatic rings. The van der Waals surface area contributed by atoms with Gasteiger partial charge < -0.3 is 10.6 Å². The molecule has 106 valence electrons. The lowest BCUT2D eigenvalue weighted by Crippen LogP contribution is -2.33. The van der Waals surface area contributed by atoms with Crippen LogP contribution in [0.4, 0.5) is 11.6 Å². The summed E-state index contributed by atoms with van der Waals surface area (Å²) < 4.78 is 0. The Hall–Kier alpha value is -1.32. The highest BCUT2D eigenvalue weighted by molar-refractivity contribution is 5.47. The third-order valence-electron chi connectivity index (χ3n) is 3.90. The van der Waals surface area contributed by atoms with Gasteiger partial charge in [-0.05, 0) is 24.7 Å². The van der Waals surface area contributed by atoms with E-state index in [9.17, 15) is 0 Å². The second-order valence-corrected chi connectivity index (χ2v) is 5.85. The predicted molar refractivity (Wildman–Crippen MR) is 80.6 cm³/mol. The summed E-state index contributed by atoms with van der Waals surface area (Å²) >= 11 is 0. The number of rotatable bonds is 7. The van der Waals surface area contributed by atoms with Crippen LogP contribution in [-0.2, 0) is 6.42 Å². The molecule has 1 aromatic heterocycles. The summed E-state index contributed by atoms with van der Waals surface area (Å²) in [6, 6.07) is 2.02. The molecule has 1 heterocycles. The molecule has 0 bridgehead atoms. The average molecular weight is 262 g/mol. The number of hydrogen-bond donors (Lipinski definition) is 2. The molecule has 0 aliphatic heterocycles. The van der Waals surface area contributed by atoms with Gasteiger partial charge in [-0.3, -0.25) is 0 Å². The van der Waals surface area contributed by atoms with Crippen LogP contribution in [0.1, 0.15) is 52.3 Å². The van der Waals surface area contributed by atoms with E-state index in [1.165, 1.54) is 19.3 Å². The van der Waals surface area contributed by atoms with Crippen LogP contribution >= 0.6 is 0 Å². The van der Waals surface area contributed by atoms with Gasteiger partial charge in [-0.25, -0.2) is 9.97 Å². The summed E-state index contributed by atoms with van der Waals surface area (Å²) in [7, 11) is 0. The van der Waals surface area contributed by atoms with Crippen LogP contribution < -0.4 is 10.6 Å². The van der Waals surface area contributed by atoms with E-state index in [1.807, 2.05) is 6.07 Å². The van der Waals surface area contributed by atoms with E-state index in [0.717, 1.165) is 43.4 Å². The molecular weight excluding hydrogens is 236 g/mol. The third-order valence-corrected chi connectivity index (χ3v) is 3.90. The smallest absolute Gasteiger partial charge is 0.132 e. The third kappa shape index (κ3) is 3.82. The molecule has 1 aliphatic carbocycles.